The fraction of sp³-hybridized carbons (Fsp3) is 1.00. The van der Waals surface area contributed by atoms with E-state index in [1.54, 1.807) is 0 Å². The molecule has 1 aliphatic rings. The smallest absolute Gasteiger partial charge is 0.0614 e. The van der Waals surface area contributed by atoms with Gasteiger partial charge < -0.3 is 14.8 Å². The van der Waals surface area contributed by atoms with E-state index in [1.165, 1.54) is 0 Å². The average molecular weight is 262 g/mol. The Morgan fingerprint density at radius 3 is 2.94 bits per heavy atom. The van der Waals surface area contributed by atoms with Crippen molar-refractivity contribution in [2.75, 3.05) is 46.2 Å². The molecule has 1 aliphatic heterocycles. The molecule has 0 aromatic carbocycles. The summed E-state index contributed by atoms with van der Waals surface area (Å²) in [5, 5.41) is 3.51. The molecule has 1 rings (SSSR count). The lowest BCUT2D eigenvalue weighted by atomic mass is 10.1. The van der Waals surface area contributed by atoms with Crippen LogP contribution in [0, 0.1) is 0 Å². The van der Waals surface area contributed by atoms with Gasteiger partial charge in [0.05, 0.1) is 5.88 Å². The lowest BCUT2D eigenvalue weighted by molar-refractivity contribution is 0.213. The van der Waals surface area contributed by atoms with Gasteiger partial charge in [-0.25, -0.2) is 0 Å². The third kappa shape index (κ3) is 7.10. The highest BCUT2D eigenvalue weighted by molar-refractivity contribution is 7.79. The lowest BCUT2D eigenvalue weighted by Crippen LogP contribution is -2.47. The maximum atomic E-state index is 10.6. The van der Waals surface area contributed by atoms with Crippen molar-refractivity contribution < 1.29 is 8.76 Å². The van der Waals surface area contributed by atoms with Gasteiger partial charge in [0.1, 0.15) is 0 Å². The Labute approximate surface area is 107 Å². The molecule has 5 nitrogen and oxygen atoms in total. The Kier molecular flexibility index (Phi) is 7.22. The minimum atomic E-state index is -1.95. The molecule has 0 radical (unpaired) electrons. The molecule has 0 aromatic rings. The van der Waals surface area contributed by atoms with E-state index in [2.05, 4.69) is 24.3 Å². The second-order valence-electron chi connectivity index (χ2n) is 4.96. The Bertz CT molecular complexity index is 239. The first-order chi connectivity index (χ1) is 8.08. The van der Waals surface area contributed by atoms with Crippen molar-refractivity contribution in [3.63, 3.8) is 0 Å². The van der Waals surface area contributed by atoms with E-state index in [0.29, 0.717) is 6.04 Å². The van der Waals surface area contributed by atoms with E-state index < -0.39 is 11.1 Å². The topological polar surface area (TPSA) is 58.6 Å². The van der Waals surface area contributed by atoms with Crippen LogP contribution in [0.2, 0.25) is 0 Å². The number of nitrogens with one attached hydrogen (secondary N) is 1. The molecule has 6 heteroatoms. The quantitative estimate of drug-likeness (QED) is 0.510. The van der Waals surface area contributed by atoms with Gasteiger partial charge in [-0.3, -0.25) is 9.11 Å². The van der Waals surface area contributed by atoms with Crippen molar-refractivity contribution in [1.29, 1.82) is 0 Å². The van der Waals surface area contributed by atoms with E-state index in [-0.39, 0.29) is 5.88 Å². The first-order valence-corrected chi connectivity index (χ1v) is 7.48. The predicted molar refractivity (Wildman–Crippen MR) is 69.6 cm³/mol. The Morgan fingerprint density at radius 2 is 2.29 bits per heavy atom. The molecule has 0 amide bonds. The van der Waals surface area contributed by atoms with Crippen LogP contribution in [0.3, 0.4) is 0 Å². The van der Waals surface area contributed by atoms with Gasteiger partial charge in [-0.05, 0) is 64.1 Å². The minimum absolute atomic E-state index is 0.176. The van der Waals surface area contributed by atoms with Crippen LogP contribution < -0.4 is 5.32 Å². The highest BCUT2D eigenvalue weighted by atomic mass is 32.2. The van der Waals surface area contributed by atoms with Crippen molar-refractivity contribution in [3.05, 3.63) is 0 Å². The molecule has 0 aromatic heterocycles. The van der Waals surface area contributed by atoms with E-state index in [9.17, 15) is 8.76 Å². The standard InChI is InChI=1S/C11H25N3O2S/c1-13(2)7-4-6-12-11-5-3-8-14(9-11)10-17(15)16/h11-12H,3-10H2,1-2H3,(H,15,16)/p-1. The van der Waals surface area contributed by atoms with Crippen LogP contribution in [0.5, 0.6) is 0 Å². The molecule has 0 saturated carbocycles. The zero-order valence-corrected chi connectivity index (χ0v) is 11.7. The number of hydrogen-bond donors (Lipinski definition) is 1. The van der Waals surface area contributed by atoms with Gasteiger partial charge >= 0.3 is 0 Å². The third-order valence-electron chi connectivity index (χ3n) is 3.01. The highest BCUT2D eigenvalue weighted by Gasteiger charge is 2.18. The SMILES string of the molecule is CN(C)CCCNC1CCCN(CS(=O)[O-])C1. The zero-order valence-electron chi connectivity index (χ0n) is 10.9. The van der Waals surface area contributed by atoms with E-state index >= 15 is 0 Å². The molecule has 102 valence electrons. The van der Waals surface area contributed by atoms with Gasteiger partial charge in [-0.2, -0.15) is 0 Å². The molecular formula is C11H24N3O2S-. The van der Waals surface area contributed by atoms with E-state index in [4.69, 9.17) is 0 Å². The third-order valence-corrected chi connectivity index (χ3v) is 3.58. The maximum absolute atomic E-state index is 10.6. The Hall–Kier alpha value is -0.0100. The van der Waals surface area contributed by atoms with E-state index in [1.807, 2.05) is 4.90 Å². The molecule has 1 heterocycles. The molecule has 2 atom stereocenters. The molecule has 1 N–H and O–H groups in total. The summed E-state index contributed by atoms with van der Waals surface area (Å²) in [6.45, 7) is 3.87. The number of piperidine rings is 1. The van der Waals surface area contributed by atoms with Gasteiger partial charge in [0, 0.05) is 12.6 Å². The summed E-state index contributed by atoms with van der Waals surface area (Å²) in [4.78, 5) is 4.19. The first-order valence-electron chi connectivity index (χ1n) is 6.24. The van der Waals surface area contributed by atoms with E-state index in [0.717, 1.165) is 45.4 Å². The van der Waals surface area contributed by atoms with Crippen LogP contribution in [-0.4, -0.2) is 70.8 Å². The summed E-state index contributed by atoms with van der Waals surface area (Å²) in [6.07, 6.45) is 3.38. The summed E-state index contributed by atoms with van der Waals surface area (Å²) in [5.74, 6) is 0.176. The van der Waals surface area contributed by atoms with Crippen molar-refractivity contribution >= 4 is 11.1 Å². The predicted octanol–water partition coefficient (Wildman–Crippen LogP) is -0.171. The number of likely N-dealkylation sites (tertiary alicyclic amines) is 1. The molecule has 17 heavy (non-hydrogen) atoms. The molecule has 0 aliphatic carbocycles. The summed E-state index contributed by atoms with van der Waals surface area (Å²) in [6, 6.07) is 0.453. The molecule has 1 fully saturated rings. The lowest BCUT2D eigenvalue weighted by Gasteiger charge is -2.33. The second kappa shape index (κ2) is 8.16. The molecule has 0 spiro atoms. The summed E-state index contributed by atoms with van der Waals surface area (Å²) >= 11 is -1.95. The van der Waals surface area contributed by atoms with Gasteiger partial charge in [0.25, 0.3) is 0 Å². The van der Waals surface area contributed by atoms with Crippen LogP contribution in [0.4, 0.5) is 0 Å². The fourth-order valence-electron chi connectivity index (χ4n) is 2.19. The van der Waals surface area contributed by atoms with Crippen molar-refractivity contribution in [1.82, 2.24) is 15.1 Å². The number of nitrogens with zero attached hydrogens (tertiary/aromatic N) is 2. The average Bonchev–Trinajstić information content (AvgIpc) is 2.24. The van der Waals surface area contributed by atoms with Gasteiger partial charge in [0.2, 0.25) is 0 Å². The monoisotopic (exact) mass is 262 g/mol. The van der Waals surface area contributed by atoms with Crippen molar-refractivity contribution in [2.45, 2.75) is 25.3 Å². The zero-order chi connectivity index (χ0) is 12.7. The number of hydrogen-bond acceptors (Lipinski definition) is 5. The van der Waals surface area contributed by atoms with Crippen LogP contribution in [0.1, 0.15) is 19.3 Å². The maximum Gasteiger partial charge on any atom is 0.0614 e. The fourth-order valence-corrected chi connectivity index (χ4v) is 2.72. The van der Waals surface area contributed by atoms with Gasteiger partial charge in [-0.15, -0.1) is 0 Å². The summed E-state index contributed by atoms with van der Waals surface area (Å²) in [7, 11) is 4.15. The first kappa shape index (κ1) is 15.0. The van der Waals surface area contributed by atoms with Crippen LogP contribution in [-0.2, 0) is 11.1 Å². The Morgan fingerprint density at radius 1 is 1.53 bits per heavy atom. The summed E-state index contributed by atoms with van der Waals surface area (Å²) < 4.78 is 21.3. The normalized spacial score (nSPS) is 24.1. The highest BCUT2D eigenvalue weighted by Crippen LogP contribution is 2.10. The van der Waals surface area contributed by atoms with Crippen molar-refractivity contribution in [2.24, 2.45) is 0 Å². The molecule has 2 unspecified atom stereocenters. The minimum Gasteiger partial charge on any atom is -0.771 e. The van der Waals surface area contributed by atoms with Gasteiger partial charge in [0.15, 0.2) is 0 Å². The molecule has 0 bridgehead atoms. The van der Waals surface area contributed by atoms with Crippen LogP contribution in [0.15, 0.2) is 0 Å². The van der Waals surface area contributed by atoms with Crippen molar-refractivity contribution in [3.8, 4) is 0 Å². The largest absolute Gasteiger partial charge is 0.771 e. The molecular weight excluding hydrogens is 238 g/mol. The van der Waals surface area contributed by atoms with Gasteiger partial charge in [-0.1, -0.05) is 0 Å². The number of rotatable bonds is 7. The van der Waals surface area contributed by atoms with Crippen LogP contribution in [0.25, 0.3) is 0 Å². The Balaban J connectivity index is 2.14. The van der Waals surface area contributed by atoms with Crippen LogP contribution >= 0.6 is 0 Å². The molecule has 1 saturated heterocycles. The second-order valence-corrected chi connectivity index (χ2v) is 5.83. The summed E-state index contributed by atoms with van der Waals surface area (Å²) in [5.41, 5.74) is 0.